The largest absolute Gasteiger partial charge is 0.508 e. The number of benzene rings is 4. The number of carbonyl (C=O) groups excluding carboxylic acids is 4. The van der Waals surface area contributed by atoms with Crippen LogP contribution in [0.15, 0.2) is 97.1 Å². The van der Waals surface area contributed by atoms with Crippen molar-refractivity contribution in [2.45, 2.75) is 51.5 Å². The number of carboxylic acid groups (broad SMARTS) is 1. The number of nitrogens with zero attached hydrogens (tertiary/aromatic N) is 3. The Morgan fingerprint density at radius 3 is 2.09 bits per heavy atom. The summed E-state index contributed by atoms with van der Waals surface area (Å²) in [5, 5.41) is 19.1. The second kappa shape index (κ2) is 19.1. The topological polar surface area (TPSA) is 157 Å². The Morgan fingerprint density at radius 1 is 0.789 bits per heavy atom. The number of phenolic OH excluding ortho intramolecular Hbond substituents is 1. The van der Waals surface area contributed by atoms with E-state index in [1.54, 1.807) is 24.3 Å². The normalized spacial score (nSPS) is 17.3. The maximum Gasteiger partial charge on any atom is 0.290 e. The molecule has 12 heteroatoms. The number of ether oxygens (including phenoxy) is 1. The zero-order chi connectivity index (χ0) is 40.3. The van der Waals surface area contributed by atoms with Crippen LogP contribution in [0.2, 0.25) is 0 Å². The fraction of sp³-hybridized carbons (Fsp3) is 0.311. The van der Waals surface area contributed by atoms with Crippen LogP contribution in [-0.4, -0.2) is 95.5 Å². The molecule has 3 heterocycles. The summed E-state index contributed by atoms with van der Waals surface area (Å²) in [5.74, 6) is -0.859. The summed E-state index contributed by atoms with van der Waals surface area (Å²) in [6.45, 7) is 7.01. The lowest BCUT2D eigenvalue weighted by atomic mass is 9.88. The maximum atomic E-state index is 13.3. The van der Waals surface area contributed by atoms with Crippen LogP contribution in [0, 0.1) is 0 Å². The summed E-state index contributed by atoms with van der Waals surface area (Å²) in [7, 11) is 0. The van der Waals surface area contributed by atoms with E-state index in [0.29, 0.717) is 17.7 Å². The summed E-state index contributed by atoms with van der Waals surface area (Å²) >= 11 is 0. The number of carbonyl (C=O) groups is 5. The average molecular weight is 773 g/mol. The zero-order valence-corrected chi connectivity index (χ0v) is 32.1. The van der Waals surface area contributed by atoms with Gasteiger partial charge in [0.05, 0.1) is 17.7 Å². The van der Waals surface area contributed by atoms with Crippen molar-refractivity contribution in [1.29, 1.82) is 0 Å². The molecule has 1 atom stereocenters. The highest BCUT2D eigenvalue weighted by atomic mass is 16.5. The van der Waals surface area contributed by atoms with Crippen LogP contribution < -0.4 is 15.0 Å². The van der Waals surface area contributed by atoms with E-state index in [4.69, 9.17) is 14.6 Å². The minimum Gasteiger partial charge on any atom is -0.508 e. The van der Waals surface area contributed by atoms with Gasteiger partial charge < -0.3 is 19.8 Å². The number of hydrogen-bond donors (Lipinski definition) is 3. The minimum atomic E-state index is -0.964. The van der Waals surface area contributed by atoms with Gasteiger partial charge >= 0.3 is 0 Å². The van der Waals surface area contributed by atoms with Crippen molar-refractivity contribution >= 4 is 46.9 Å². The molecule has 3 aliphatic rings. The lowest BCUT2D eigenvalue weighted by Gasteiger charge is -2.36. The standard InChI is InChI=1S/C44H46N4O6.CH2O2/c1-2-36(30-9-5-3-6-10-30)41(31-11-16-34(49)17-12-31)32-13-18-35(19-14-32)54-28-8-4-7-23-46-24-26-47(27-25-46)33-15-20-37-38(29-33)44(53)48(43(37)52)39-21-22-40(50)45-42(39)51;2-1-3/h3,5-6,9-20,29,39,49H,2,4,7-8,21-28H2,1H3,(H,45,50,51);1H,(H,2,3). The number of aromatic hydroxyl groups is 1. The Balaban J connectivity index is 0.00000177. The summed E-state index contributed by atoms with van der Waals surface area (Å²) < 4.78 is 6.13. The summed E-state index contributed by atoms with van der Waals surface area (Å²) in [5.41, 5.74) is 7.23. The fourth-order valence-electron chi connectivity index (χ4n) is 7.72. The molecular weight excluding hydrogens is 725 g/mol. The molecule has 3 aliphatic heterocycles. The van der Waals surface area contributed by atoms with Crippen molar-refractivity contribution in [3.05, 3.63) is 125 Å². The molecular formula is C45H48N4O8. The van der Waals surface area contributed by atoms with Gasteiger partial charge in [0.1, 0.15) is 17.5 Å². The number of phenols is 1. The number of amides is 4. The summed E-state index contributed by atoms with van der Waals surface area (Å²) in [6.07, 6.45) is 4.21. The molecule has 0 aromatic heterocycles. The van der Waals surface area contributed by atoms with Crippen molar-refractivity contribution in [2.24, 2.45) is 0 Å². The Hall–Kier alpha value is -6.27. The number of piperidine rings is 1. The number of unbranched alkanes of at least 4 members (excludes halogenated alkanes) is 2. The lowest BCUT2D eigenvalue weighted by Crippen LogP contribution is -2.54. The molecule has 2 fully saturated rings. The molecule has 2 saturated heterocycles. The van der Waals surface area contributed by atoms with Crippen LogP contribution >= 0.6 is 0 Å². The second-order valence-corrected chi connectivity index (χ2v) is 14.2. The van der Waals surface area contributed by atoms with Crippen LogP contribution in [0.4, 0.5) is 5.69 Å². The first-order valence-corrected chi connectivity index (χ1v) is 19.4. The number of rotatable bonds is 13. The molecule has 12 nitrogen and oxygen atoms in total. The second-order valence-electron chi connectivity index (χ2n) is 14.2. The van der Waals surface area contributed by atoms with E-state index >= 15 is 0 Å². The van der Waals surface area contributed by atoms with Gasteiger partial charge in [0.15, 0.2) is 0 Å². The number of piperazine rings is 1. The smallest absolute Gasteiger partial charge is 0.290 e. The molecule has 0 aliphatic carbocycles. The third kappa shape index (κ3) is 9.58. The first-order valence-electron chi connectivity index (χ1n) is 19.4. The summed E-state index contributed by atoms with van der Waals surface area (Å²) in [6, 6.07) is 30.5. The van der Waals surface area contributed by atoms with Gasteiger partial charge in [-0.15, -0.1) is 0 Å². The number of imide groups is 2. The van der Waals surface area contributed by atoms with Gasteiger partial charge in [-0.05, 0) is 109 Å². The lowest BCUT2D eigenvalue weighted by molar-refractivity contribution is -0.136. The molecule has 4 amide bonds. The van der Waals surface area contributed by atoms with Gasteiger partial charge in [-0.2, -0.15) is 0 Å². The van der Waals surface area contributed by atoms with Gasteiger partial charge in [-0.25, -0.2) is 0 Å². The summed E-state index contributed by atoms with van der Waals surface area (Å²) in [4.78, 5) is 64.4. The van der Waals surface area contributed by atoms with Crippen molar-refractivity contribution in [1.82, 2.24) is 15.1 Å². The monoisotopic (exact) mass is 772 g/mol. The molecule has 3 N–H and O–H groups in total. The fourth-order valence-corrected chi connectivity index (χ4v) is 7.72. The third-order valence-corrected chi connectivity index (χ3v) is 10.6. The third-order valence-electron chi connectivity index (χ3n) is 10.6. The quantitative estimate of drug-likeness (QED) is 0.0616. The predicted octanol–water partition coefficient (Wildman–Crippen LogP) is 6.23. The van der Waals surface area contributed by atoms with Crippen molar-refractivity contribution in [2.75, 3.05) is 44.2 Å². The molecule has 0 saturated carbocycles. The molecule has 0 bridgehead atoms. The van der Waals surface area contributed by atoms with Crippen LogP contribution in [0.5, 0.6) is 11.5 Å². The molecule has 0 radical (unpaired) electrons. The van der Waals surface area contributed by atoms with E-state index in [1.807, 2.05) is 36.4 Å². The molecule has 57 heavy (non-hydrogen) atoms. The van der Waals surface area contributed by atoms with Gasteiger partial charge in [0.25, 0.3) is 18.3 Å². The first-order chi connectivity index (χ1) is 27.7. The van der Waals surface area contributed by atoms with Crippen LogP contribution in [-0.2, 0) is 14.4 Å². The number of allylic oxidation sites excluding steroid dienone is 1. The van der Waals surface area contributed by atoms with Gasteiger partial charge in [-0.3, -0.25) is 39.1 Å². The van der Waals surface area contributed by atoms with E-state index in [0.717, 1.165) is 91.4 Å². The number of nitrogens with one attached hydrogen (secondary N) is 1. The van der Waals surface area contributed by atoms with E-state index in [9.17, 15) is 24.3 Å². The molecule has 1 unspecified atom stereocenters. The first kappa shape index (κ1) is 40.4. The number of hydrogen-bond acceptors (Lipinski definition) is 9. The highest BCUT2D eigenvalue weighted by Crippen LogP contribution is 2.36. The number of anilines is 1. The highest BCUT2D eigenvalue weighted by Gasteiger charge is 2.44. The van der Waals surface area contributed by atoms with Crippen molar-refractivity contribution in [3.8, 4) is 11.5 Å². The number of fused-ring (bicyclic) bond motifs is 1. The molecule has 4 aromatic carbocycles. The minimum absolute atomic E-state index is 0.0982. The molecule has 4 aromatic rings. The van der Waals surface area contributed by atoms with Crippen LogP contribution in [0.3, 0.4) is 0 Å². The van der Waals surface area contributed by atoms with Crippen LogP contribution in [0.1, 0.15) is 82.9 Å². The molecule has 0 spiro atoms. The maximum absolute atomic E-state index is 13.3. The van der Waals surface area contributed by atoms with E-state index < -0.39 is 23.8 Å². The Kier molecular flexibility index (Phi) is 13.5. The average Bonchev–Trinajstić information content (AvgIpc) is 3.47. The molecule has 7 rings (SSSR count). The Labute approximate surface area is 332 Å². The van der Waals surface area contributed by atoms with E-state index in [-0.39, 0.29) is 31.0 Å². The van der Waals surface area contributed by atoms with Crippen molar-refractivity contribution in [3.63, 3.8) is 0 Å². The van der Waals surface area contributed by atoms with Crippen LogP contribution in [0.25, 0.3) is 11.1 Å². The van der Waals surface area contributed by atoms with E-state index in [2.05, 4.69) is 58.4 Å². The van der Waals surface area contributed by atoms with Crippen molar-refractivity contribution < 1.29 is 38.9 Å². The van der Waals surface area contributed by atoms with E-state index in [1.165, 1.54) is 11.1 Å². The Morgan fingerprint density at radius 2 is 1.44 bits per heavy atom. The zero-order valence-electron chi connectivity index (χ0n) is 32.1. The SMILES string of the molecule is CCC(=C(c1ccc(O)cc1)c1ccc(OCCCCCN2CCN(c3ccc4c(c3)C(=O)N(C3CCC(=O)NC3=O)C4=O)CC2)cc1)c1ccccc1.O=CO. The molecule has 296 valence electrons. The van der Waals surface area contributed by atoms with Gasteiger partial charge in [-0.1, -0.05) is 61.5 Å². The highest BCUT2D eigenvalue weighted by molar-refractivity contribution is 6.23. The Bertz CT molecular complexity index is 2090. The van der Waals surface area contributed by atoms with Gasteiger partial charge in [0.2, 0.25) is 11.8 Å². The van der Waals surface area contributed by atoms with Gasteiger partial charge in [0, 0.05) is 38.3 Å². The predicted molar refractivity (Wildman–Crippen MR) is 217 cm³/mol.